The molecule has 3 rings (SSSR count). The summed E-state index contributed by atoms with van der Waals surface area (Å²) < 4.78 is 1.13. The van der Waals surface area contributed by atoms with Gasteiger partial charge < -0.3 is 0 Å². The summed E-state index contributed by atoms with van der Waals surface area (Å²) in [7, 11) is 0. The van der Waals surface area contributed by atoms with Crippen LogP contribution in [0, 0.1) is 13.8 Å². The van der Waals surface area contributed by atoms with Gasteiger partial charge in [-0.2, -0.15) is 0 Å². The first-order valence-electron chi connectivity index (χ1n) is 9.99. The highest BCUT2D eigenvalue weighted by Gasteiger charge is 2.20. The van der Waals surface area contributed by atoms with Gasteiger partial charge in [0.25, 0.3) is 0 Å². The lowest BCUT2D eigenvalue weighted by Crippen LogP contribution is -2.17. The Labute approximate surface area is 172 Å². The lowest BCUT2D eigenvalue weighted by Gasteiger charge is -2.15. The van der Waals surface area contributed by atoms with Crippen LogP contribution in [0.15, 0.2) is 52.4 Å². The summed E-state index contributed by atoms with van der Waals surface area (Å²) in [5, 5.41) is 0. The van der Waals surface area contributed by atoms with Crippen LogP contribution in [0.25, 0.3) is 20.8 Å². The van der Waals surface area contributed by atoms with Gasteiger partial charge >= 0.3 is 0 Å². The molecule has 0 fully saturated rings. The lowest BCUT2D eigenvalue weighted by molar-refractivity contribution is 0.921. The Morgan fingerprint density at radius 3 is 2.54 bits per heavy atom. The summed E-state index contributed by atoms with van der Waals surface area (Å²) in [5.74, 6) is 0. The molecule has 146 valence electrons. The molecule has 1 aromatic rings. The number of hydrogen-bond acceptors (Lipinski definition) is 3. The van der Waals surface area contributed by atoms with Crippen molar-refractivity contribution in [3.05, 3.63) is 74.5 Å². The Morgan fingerprint density at radius 1 is 1.04 bits per heavy atom. The number of para-hydroxylation sites is 1. The molecule has 0 saturated heterocycles. The summed E-state index contributed by atoms with van der Waals surface area (Å²) >= 11 is 1.70. The Morgan fingerprint density at radius 2 is 1.79 bits per heavy atom. The highest BCUT2D eigenvalue weighted by Crippen LogP contribution is 2.35. The van der Waals surface area contributed by atoms with Crippen LogP contribution in [0.3, 0.4) is 0 Å². The van der Waals surface area contributed by atoms with Gasteiger partial charge in [-0.3, -0.25) is 4.79 Å². The van der Waals surface area contributed by atoms with Crippen LogP contribution < -0.4 is 5.43 Å². The third-order valence-corrected chi connectivity index (χ3v) is 6.52. The molecule has 28 heavy (non-hydrogen) atoms. The van der Waals surface area contributed by atoms with Crippen LogP contribution in [0.4, 0.5) is 0 Å². The SMILES string of the molecule is CC(C)=CCC/C(C)=C/CCc1c2sc3ccccc3nc-2c(C)c(C)c1=O. The number of aromatic nitrogens is 1. The fourth-order valence-corrected chi connectivity index (χ4v) is 4.68. The number of allylic oxidation sites excluding steroid dienone is 4. The van der Waals surface area contributed by atoms with Gasteiger partial charge in [-0.15, -0.1) is 11.3 Å². The molecule has 1 aliphatic carbocycles. The summed E-state index contributed by atoms with van der Waals surface area (Å²) in [6, 6.07) is 8.18. The molecule has 2 nitrogen and oxygen atoms in total. The Hall–Kier alpha value is -2.26. The predicted molar refractivity (Wildman–Crippen MR) is 123 cm³/mol. The second-order valence-corrected chi connectivity index (χ2v) is 8.88. The van der Waals surface area contributed by atoms with E-state index in [9.17, 15) is 4.79 Å². The van der Waals surface area contributed by atoms with Gasteiger partial charge in [0, 0.05) is 11.1 Å². The van der Waals surface area contributed by atoms with Gasteiger partial charge in [-0.1, -0.05) is 35.4 Å². The van der Waals surface area contributed by atoms with Crippen LogP contribution in [-0.2, 0) is 6.42 Å². The Kier molecular flexibility index (Phi) is 6.46. The smallest absolute Gasteiger partial charge is 0.186 e. The Balaban J connectivity index is 1.93. The second-order valence-electron chi connectivity index (χ2n) is 7.83. The van der Waals surface area contributed by atoms with Gasteiger partial charge in [0.05, 0.1) is 20.8 Å². The molecule has 0 unspecified atom stereocenters. The minimum absolute atomic E-state index is 0.189. The third kappa shape index (κ3) is 4.41. The molecule has 0 amide bonds. The van der Waals surface area contributed by atoms with Crippen LogP contribution in [0.2, 0.25) is 0 Å². The van der Waals surface area contributed by atoms with Crippen LogP contribution >= 0.6 is 11.3 Å². The Bertz CT molecular complexity index is 1080. The minimum Gasteiger partial charge on any atom is -0.289 e. The van der Waals surface area contributed by atoms with E-state index in [4.69, 9.17) is 4.98 Å². The van der Waals surface area contributed by atoms with E-state index in [1.54, 1.807) is 11.3 Å². The molecule has 0 bridgehead atoms. The fraction of sp³-hybridized carbons (Fsp3) is 0.360. The number of benzene rings is 2. The maximum atomic E-state index is 13.0. The summed E-state index contributed by atoms with van der Waals surface area (Å²) in [6.45, 7) is 10.4. The maximum Gasteiger partial charge on any atom is 0.186 e. The van der Waals surface area contributed by atoms with Gasteiger partial charge in [0.2, 0.25) is 0 Å². The molecule has 1 aromatic carbocycles. The highest BCUT2D eigenvalue weighted by atomic mass is 32.1. The zero-order valence-corrected chi connectivity index (χ0v) is 18.4. The molecule has 1 aliphatic heterocycles. The van der Waals surface area contributed by atoms with Crippen molar-refractivity contribution in [2.24, 2.45) is 0 Å². The van der Waals surface area contributed by atoms with Crippen molar-refractivity contribution in [1.29, 1.82) is 0 Å². The van der Waals surface area contributed by atoms with Crippen molar-refractivity contribution >= 4 is 21.6 Å². The highest BCUT2D eigenvalue weighted by molar-refractivity contribution is 7.21. The van der Waals surface area contributed by atoms with E-state index in [-0.39, 0.29) is 5.43 Å². The molecule has 0 radical (unpaired) electrons. The molecule has 2 aliphatic rings. The van der Waals surface area contributed by atoms with Crippen molar-refractivity contribution in [2.45, 2.75) is 60.3 Å². The van der Waals surface area contributed by atoms with Crippen LogP contribution in [0.5, 0.6) is 0 Å². The van der Waals surface area contributed by atoms with Crippen molar-refractivity contribution < 1.29 is 0 Å². The fourth-order valence-electron chi connectivity index (χ4n) is 3.48. The normalized spacial score (nSPS) is 12.0. The van der Waals surface area contributed by atoms with Crippen molar-refractivity contribution in [3.63, 3.8) is 0 Å². The van der Waals surface area contributed by atoms with Crippen molar-refractivity contribution in [2.75, 3.05) is 0 Å². The number of hydrogen-bond donors (Lipinski definition) is 0. The van der Waals surface area contributed by atoms with Crippen LogP contribution in [-0.4, -0.2) is 4.98 Å². The zero-order valence-electron chi connectivity index (χ0n) is 17.6. The van der Waals surface area contributed by atoms with E-state index in [1.165, 1.54) is 11.1 Å². The van der Waals surface area contributed by atoms with Crippen molar-refractivity contribution in [3.8, 4) is 10.6 Å². The van der Waals surface area contributed by atoms with Gasteiger partial charge in [0.15, 0.2) is 5.43 Å². The van der Waals surface area contributed by atoms with Crippen molar-refractivity contribution in [1.82, 2.24) is 4.98 Å². The van der Waals surface area contributed by atoms with Gasteiger partial charge in [-0.25, -0.2) is 4.98 Å². The first-order chi connectivity index (χ1) is 13.4. The summed E-state index contributed by atoms with van der Waals surface area (Å²) in [6.07, 6.45) is 8.40. The number of rotatable bonds is 6. The van der Waals surface area contributed by atoms with E-state index in [1.807, 2.05) is 32.0 Å². The predicted octanol–water partition coefficient (Wildman–Crippen LogP) is 7.00. The second kappa shape index (κ2) is 8.83. The van der Waals surface area contributed by atoms with Gasteiger partial charge in [-0.05, 0) is 78.0 Å². The third-order valence-electron chi connectivity index (χ3n) is 5.31. The largest absolute Gasteiger partial charge is 0.289 e. The first-order valence-corrected chi connectivity index (χ1v) is 10.8. The molecule has 0 N–H and O–H groups in total. The number of fused-ring (bicyclic) bond motifs is 2. The maximum absolute atomic E-state index is 13.0. The summed E-state index contributed by atoms with van der Waals surface area (Å²) in [4.78, 5) is 19.0. The number of nitrogens with zero attached hydrogens (tertiary/aromatic N) is 1. The van der Waals surface area contributed by atoms with E-state index >= 15 is 0 Å². The average molecular weight is 392 g/mol. The molecule has 0 spiro atoms. The van der Waals surface area contributed by atoms with E-state index in [0.717, 1.165) is 63.2 Å². The topological polar surface area (TPSA) is 30.0 Å². The molecule has 0 saturated carbocycles. The zero-order chi connectivity index (χ0) is 20.3. The molecule has 0 atom stereocenters. The van der Waals surface area contributed by atoms with E-state index < -0.39 is 0 Å². The molecular weight excluding hydrogens is 362 g/mol. The molecule has 1 heterocycles. The van der Waals surface area contributed by atoms with Crippen LogP contribution in [0.1, 0.15) is 56.7 Å². The first kappa shape index (κ1) is 20.5. The summed E-state index contributed by atoms with van der Waals surface area (Å²) in [5.41, 5.74) is 7.71. The quantitative estimate of drug-likeness (QED) is 0.334. The molecule has 3 heteroatoms. The minimum atomic E-state index is 0.189. The van der Waals surface area contributed by atoms with E-state index in [2.05, 4.69) is 39.0 Å². The van der Waals surface area contributed by atoms with E-state index in [0.29, 0.717) is 0 Å². The molecule has 0 aromatic heterocycles. The van der Waals surface area contributed by atoms with Gasteiger partial charge in [0.1, 0.15) is 0 Å². The average Bonchev–Trinajstić information content (AvgIpc) is 2.67. The monoisotopic (exact) mass is 391 g/mol. The molecular formula is C25H29NOS. The standard InChI is InChI=1S/C25H29NOS/c1-16(2)10-8-11-17(3)12-9-13-20-24(27)19(5)18(4)23-25(20)28-22-15-7-6-14-21(22)26-23/h6-7,10,12,14-15H,8-9,11,13H2,1-5H3/b17-12+. The lowest BCUT2D eigenvalue weighted by atomic mass is 9.96.